The van der Waals surface area contributed by atoms with Crippen LogP contribution in [0, 0.1) is 11.8 Å². The molecule has 4 nitrogen and oxygen atoms in total. The first-order valence-electron chi connectivity index (χ1n) is 23.4. The van der Waals surface area contributed by atoms with Crippen LogP contribution in [0.2, 0.25) is 0 Å². The fourth-order valence-corrected chi connectivity index (χ4v) is 11.3. The summed E-state index contributed by atoms with van der Waals surface area (Å²) >= 11 is 0. The van der Waals surface area contributed by atoms with E-state index in [0.29, 0.717) is 0 Å². The molecule has 4 aliphatic carbocycles. The van der Waals surface area contributed by atoms with Crippen molar-refractivity contribution in [1.29, 1.82) is 0 Å². The van der Waals surface area contributed by atoms with Crippen LogP contribution in [-0.4, -0.2) is 0 Å². The van der Waals surface area contributed by atoms with Gasteiger partial charge < -0.3 is 18.6 Å². The highest BCUT2D eigenvalue weighted by molar-refractivity contribution is 6.14. The third kappa shape index (κ3) is 5.87. The normalized spacial score (nSPS) is 17.0. The van der Waals surface area contributed by atoms with Gasteiger partial charge in [-0.3, -0.25) is 0 Å². The van der Waals surface area contributed by atoms with Crippen LogP contribution in [0.5, 0.6) is 0 Å². The molecule has 0 aliphatic heterocycles. The van der Waals surface area contributed by atoms with E-state index in [9.17, 15) is 0 Å². The Morgan fingerprint density at radius 1 is 0.338 bits per heavy atom. The van der Waals surface area contributed by atoms with E-state index in [2.05, 4.69) is 253 Å². The van der Waals surface area contributed by atoms with Crippen LogP contribution in [0.1, 0.15) is 0 Å². The first kappa shape index (κ1) is 38.4. The molecule has 2 heterocycles. The Morgan fingerprint density at radius 2 is 0.794 bits per heavy atom. The Balaban J connectivity index is 0.925. The quantitative estimate of drug-likeness (QED) is 0.152. The van der Waals surface area contributed by atoms with Crippen LogP contribution >= 0.6 is 0 Å². The molecule has 14 rings (SSSR count). The number of nitrogens with zero attached hydrogens (tertiary/aromatic N) is 2. The Kier molecular flexibility index (Phi) is 8.68. The first-order chi connectivity index (χ1) is 33.8. The van der Waals surface area contributed by atoms with E-state index < -0.39 is 0 Å². The van der Waals surface area contributed by atoms with Crippen molar-refractivity contribution in [2.75, 3.05) is 9.80 Å². The van der Waals surface area contributed by atoms with Gasteiger partial charge in [0.25, 0.3) is 0 Å². The molecule has 0 amide bonds. The summed E-state index contributed by atoms with van der Waals surface area (Å²) in [6, 6.07) is 68.6. The van der Waals surface area contributed by atoms with Gasteiger partial charge in [0.2, 0.25) is 0 Å². The van der Waals surface area contributed by atoms with Crippen LogP contribution in [-0.2, 0) is 0 Å². The van der Waals surface area contributed by atoms with Crippen molar-refractivity contribution in [3.05, 3.63) is 276 Å². The van der Waals surface area contributed by atoms with Gasteiger partial charge in [-0.1, -0.05) is 194 Å². The molecule has 0 bridgehead atoms. The Labute approximate surface area is 394 Å². The summed E-state index contributed by atoms with van der Waals surface area (Å²) < 4.78 is 14.2. The van der Waals surface area contributed by atoms with Gasteiger partial charge in [-0.2, -0.15) is 0 Å². The molecule has 4 aliphatic rings. The Morgan fingerprint density at radius 3 is 1.37 bits per heavy atom. The zero-order valence-electron chi connectivity index (χ0n) is 37.0. The molecular weight excluding hydrogens is 829 g/mol. The van der Waals surface area contributed by atoms with E-state index in [-0.39, 0.29) is 11.8 Å². The fraction of sp³-hybridized carbons (Fsp3) is 0.0312. The van der Waals surface area contributed by atoms with Crippen LogP contribution < -0.4 is 9.80 Å². The molecule has 0 radical (unpaired) electrons. The van der Waals surface area contributed by atoms with Gasteiger partial charge >= 0.3 is 0 Å². The second-order valence-electron chi connectivity index (χ2n) is 17.9. The summed E-state index contributed by atoms with van der Waals surface area (Å²) in [5, 5.41) is 4.39. The smallest absolute Gasteiger partial charge is 0.159 e. The summed E-state index contributed by atoms with van der Waals surface area (Å²) in [6.07, 6.45) is 18.7. The minimum absolute atomic E-state index is 0.0776. The molecule has 68 heavy (non-hydrogen) atoms. The van der Waals surface area contributed by atoms with E-state index in [4.69, 9.17) is 8.83 Å². The molecule has 2 atom stereocenters. The average Bonchev–Trinajstić information content (AvgIpc) is 4.00. The zero-order chi connectivity index (χ0) is 44.7. The van der Waals surface area contributed by atoms with E-state index in [1.165, 1.54) is 22.3 Å². The topological polar surface area (TPSA) is 32.8 Å². The van der Waals surface area contributed by atoms with Gasteiger partial charge in [0.15, 0.2) is 11.2 Å². The first-order valence-corrected chi connectivity index (χ1v) is 23.4. The van der Waals surface area contributed by atoms with Crippen molar-refractivity contribution in [2.45, 2.75) is 0 Å². The maximum Gasteiger partial charge on any atom is 0.159 e. The van der Waals surface area contributed by atoms with E-state index in [1.807, 2.05) is 0 Å². The molecule has 0 saturated heterocycles. The standard InChI is InChI=1S/C64H42N2O2/c1-5-17-41(18-6-1)47-25-13-27-49-51-29-15-31-57(63(51)67-61(47)49)65(45-21-9-3-10-22-45)55-39-35-43-34-38-54-56(40-36-44-33-37-53(55)59(43)60(44)54)66(46-23-11-4-12-24-46)58-32-16-30-52-50-28-14-26-48(62(50)68-64(52)58)42-19-7-2-8-20-42/h1-40,59-60H. The lowest BCUT2D eigenvalue weighted by atomic mass is 9.63. The van der Waals surface area contributed by atoms with Gasteiger partial charge in [0.1, 0.15) is 11.2 Å². The highest BCUT2D eigenvalue weighted by atomic mass is 16.3. The molecule has 0 saturated carbocycles. The summed E-state index contributed by atoms with van der Waals surface area (Å²) in [4.78, 5) is 4.82. The monoisotopic (exact) mass is 870 g/mol. The zero-order valence-corrected chi connectivity index (χ0v) is 37.0. The van der Waals surface area contributed by atoms with Crippen molar-refractivity contribution in [3.8, 4) is 22.3 Å². The third-order valence-corrected chi connectivity index (χ3v) is 14.3. The SMILES string of the molecule is C1=CC2=C(N(c3ccccc3)c3cccc4c3oc3c(-c5ccccc5)cccc34)C=CC3=CC=C4C(N(c5ccccc5)c5cccc6c5oc5c(-c7ccccc7)cccc56)=CC=C1C4C32. The number of benzene rings is 8. The minimum Gasteiger partial charge on any atom is -0.453 e. The molecule has 4 heteroatoms. The number of fused-ring (bicyclic) bond motifs is 6. The number of hydrogen-bond acceptors (Lipinski definition) is 4. The minimum atomic E-state index is 0.0776. The Hall–Kier alpha value is -8.86. The third-order valence-electron chi connectivity index (χ3n) is 14.3. The van der Waals surface area contributed by atoms with Crippen LogP contribution in [0.3, 0.4) is 0 Å². The van der Waals surface area contributed by atoms with Gasteiger partial charge in [-0.25, -0.2) is 0 Å². The predicted octanol–water partition coefficient (Wildman–Crippen LogP) is 17.1. The highest BCUT2D eigenvalue weighted by Gasteiger charge is 2.43. The lowest BCUT2D eigenvalue weighted by molar-refractivity contribution is 0.551. The summed E-state index contributed by atoms with van der Waals surface area (Å²) in [7, 11) is 0. The van der Waals surface area contributed by atoms with Gasteiger partial charge in [0.05, 0.1) is 22.8 Å². The van der Waals surface area contributed by atoms with Gasteiger partial charge in [-0.05, 0) is 82.0 Å². The van der Waals surface area contributed by atoms with Gasteiger partial charge in [-0.15, -0.1) is 0 Å². The number of furan rings is 2. The van der Waals surface area contributed by atoms with Crippen LogP contribution in [0.4, 0.5) is 22.7 Å². The molecule has 2 aromatic heterocycles. The second-order valence-corrected chi connectivity index (χ2v) is 17.9. The lowest BCUT2D eigenvalue weighted by Gasteiger charge is -2.45. The van der Waals surface area contributed by atoms with Crippen molar-refractivity contribution in [1.82, 2.24) is 0 Å². The average molecular weight is 871 g/mol. The van der Waals surface area contributed by atoms with E-state index in [1.54, 1.807) is 0 Å². The van der Waals surface area contributed by atoms with Crippen LogP contribution in [0.15, 0.2) is 285 Å². The second kappa shape index (κ2) is 15.4. The van der Waals surface area contributed by atoms with Crippen molar-refractivity contribution in [3.63, 3.8) is 0 Å². The van der Waals surface area contributed by atoms with Crippen molar-refractivity contribution in [2.24, 2.45) is 11.8 Å². The number of allylic oxidation sites excluding steroid dienone is 12. The molecule has 8 aromatic carbocycles. The summed E-state index contributed by atoms with van der Waals surface area (Å²) in [5.74, 6) is 0.155. The molecule has 0 N–H and O–H groups in total. The number of rotatable bonds is 8. The van der Waals surface area contributed by atoms with Gasteiger partial charge in [0, 0.05) is 55.9 Å². The summed E-state index contributed by atoms with van der Waals surface area (Å²) in [5.41, 5.74) is 19.5. The Bertz CT molecular complexity index is 3900. The lowest BCUT2D eigenvalue weighted by Crippen LogP contribution is -2.35. The summed E-state index contributed by atoms with van der Waals surface area (Å²) in [6.45, 7) is 0. The largest absolute Gasteiger partial charge is 0.453 e. The molecular formula is C64H42N2O2. The van der Waals surface area contributed by atoms with E-state index in [0.717, 1.165) is 100 Å². The maximum atomic E-state index is 7.08. The molecule has 10 aromatic rings. The fourth-order valence-electron chi connectivity index (χ4n) is 11.3. The van der Waals surface area contributed by atoms with Crippen molar-refractivity contribution >= 4 is 66.6 Å². The highest BCUT2D eigenvalue weighted by Crippen LogP contribution is 2.55. The predicted molar refractivity (Wildman–Crippen MR) is 280 cm³/mol. The molecule has 0 fully saturated rings. The van der Waals surface area contributed by atoms with E-state index >= 15 is 0 Å². The van der Waals surface area contributed by atoms with Crippen molar-refractivity contribution < 1.29 is 8.83 Å². The molecule has 0 spiro atoms. The molecule has 320 valence electrons. The molecule has 2 unspecified atom stereocenters. The number of anilines is 4. The van der Waals surface area contributed by atoms with Crippen LogP contribution in [0.25, 0.3) is 66.1 Å². The number of para-hydroxylation sites is 6. The maximum absolute atomic E-state index is 7.08. The number of hydrogen-bond donors (Lipinski definition) is 0.